The van der Waals surface area contributed by atoms with E-state index in [1.165, 1.54) is 6.33 Å². The van der Waals surface area contributed by atoms with E-state index in [0.717, 1.165) is 28.9 Å². The number of nitrogens with one attached hydrogen (secondary N) is 1. The van der Waals surface area contributed by atoms with Gasteiger partial charge in [-0.05, 0) is 20.3 Å². The third kappa shape index (κ3) is 4.22. The van der Waals surface area contributed by atoms with Gasteiger partial charge in [-0.25, -0.2) is 9.97 Å². The van der Waals surface area contributed by atoms with Crippen LogP contribution in [0.15, 0.2) is 36.7 Å². The quantitative estimate of drug-likeness (QED) is 0.657. The molecule has 1 unspecified atom stereocenters. The minimum atomic E-state index is 0.00341. The van der Waals surface area contributed by atoms with Crippen molar-refractivity contribution in [3.8, 4) is 17.1 Å². The van der Waals surface area contributed by atoms with Gasteiger partial charge in [-0.3, -0.25) is 4.68 Å². The zero-order chi connectivity index (χ0) is 19.4. The first-order valence-electron chi connectivity index (χ1n) is 8.99. The molecule has 7 heteroatoms. The van der Waals surface area contributed by atoms with Crippen LogP contribution in [0.25, 0.3) is 11.3 Å². The first-order valence-corrected chi connectivity index (χ1v) is 9.36. The minimum Gasteiger partial charge on any atom is -0.474 e. The highest BCUT2D eigenvalue weighted by molar-refractivity contribution is 6.33. The maximum absolute atomic E-state index is 6.34. The highest BCUT2D eigenvalue weighted by Crippen LogP contribution is 2.29. The zero-order valence-electron chi connectivity index (χ0n) is 16.0. The SMILES string of the molecule is CCc1ncnc(NC(C)COc2nn(C)c(-c3ccccc3)c2C)c1Cl. The minimum absolute atomic E-state index is 0.00341. The number of hydrogen-bond acceptors (Lipinski definition) is 5. The number of hydrogen-bond donors (Lipinski definition) is 1. The van der Waals surface area contributed by atoms with Crippen molar-refractivity contribution in [3.63, 3.8) is 0 Å². The van der Waals surface area contributed by atoms with E-state index >= 15 is 0 Å². The lowest BCUT2D eigenvalue weighted by Crippen LogP contribution is -2.24. The standard InChI is InChI=1S/C20H24ClN5O/c1-5-16-17(21)19(23-12-22-16)24-13(2)11-27-20-14(3)18(26(4)25-20)15-9-7-6-8-10-15/h6-10,12-13H,5,11H2,1-4H3,(H,22,23,24). The van der Waals surface area contributed by atoms with E-state index in [9.17, 15) is 0 Å². The number of aromatic nitrogens is 4. The highest BCUT2D eigenvalue weighted by atomic mass is 35.5. The fraction of sp³-hybridized carbons (Fsp3) is 0.350. The second-order valence-electron chi connectivity index (χ2n) is 6.46. The molecule has 2 aromatic heterocycles. The fourth-order valence-corrected chi connectivity index (χ4v) is 3.26. The molecule has 142 valence electrons. The predicted octanol–water partition coefficient (Wildman–Crippen LogP) is 4.28. The maximum atomic E-state index is 6.34. The molecule has 3 rings (SSSR count). The van der Waals surface area contributed by atoms with Gasteiger partial charge in [-0.15, -0.1) is 5.10 Å². The summed E-state index contributed by atoms with van der Waals surface area (Å²) in [4.78, 5) is 8.41. The van der Waals surface area contributed by atoms with Crippen LogP contribution in [0.4, 0.5) is 5.82 Å². The molecule has 1 atom stereocenters. The van der Waals surface area contributed by atoms with Crippen LogP contribution in [0.5, 0.6) is 5.88 Å². The number of rotatable bonds is 7. The van der Waals surface area contributed by atoms with Crippen molar-refractivity contribution >= 4 is 17.4 Å². The Morgan fingerprint density at radius 3 is 2.67 bits per heavy atom. The Bertz CT molecular complexity index is 910. The largest absolute Gasteiger partial charge is 0.474 e. The van der Waals surface area contributed by atoms with Gasteiger partial charge >= 0.3 is 0 Å². The van der Waals surface area contributed by atoms with Gasteiger partial charge in [0.05, 0.1) is 17.4 Å². The van der Waals surface area contributed by atoms with E-state index in [1.54, 1.807) is 0 Å². The van der Waals surface area contributed by atoms with Crippen LogP contribution in [0.2, 0.25) is 5.02 Å². The zero-order valence-corrected chi connectivity index (χ0v) is 16.8. The molecular weight excluding hydrogens is 362 g/mol. The predicted molar refractivity (Wildman–Crippen MR) is 108 cm³/mol. The molecular formula is C20H24ClN5O. The Morgan fingerprint density at radius 1 is 1.22 bits per heavy atom. The van der Waals surface area contributed by atoms with Crippen LogP contribution in [0.1, 0.15) is 25.1 Å². The van der Waals surface area contributed by atoms with Crippen molar-refractivity contribution in [2.75, 3.05) is 11.9 Å². The molecule has 0 saturated carbocycles. The number of anilines is 1. The van der Waals surface area contributed by atoms with Gasteiger partial charge in [0.1, 0.15) is 23.8 Å². The molecule has 0 aliphatic rings. The molecule has 0 saturated heterocycles. The second-order valence-corrected chi connectivity index (χ2v) is 6.84. The molecule has 0 aliphatic heterocycles. The normalized spacial score (nSPS) is 12.0. The summed E-state index contributed by atoms with van der Waals surface area (Å²) in [6, 6.07) is 10.2. The van der Waals surface area contributed by atoms with Crippen molar-refractivity contribution in [1.82, 2.24) is 19.7 Å². The summed E-state index contributed by atoms with van der Waals surface area (Å²) < 4.78 is 7.82. The summed E-state index contributed by atoms with van der Waals surface area (Å²) in [6.45, 7) is 6.49. The van der Waals surface area contributed by atoms with Crippen LogP contribution >= 0.6 is 11.6 Å². The van der Waals surface area contributed by atoms with E-state index in [2.05, 4.69) is 32.5 Å². The van der Waals surface area contributed by atoms with Crippen molar-refractivity contribution in [3.05, 3.63) is 52.9 Å². The van der Waals surface area contributed by atoms with Crippen LogP contribution in [0.3, 0.4) is 0 Å². The Hall–Kier alpha value is -2.60. The molecule has 0 spiro atoms. The van der Waals surface area contributed by atoms with Gasteiger partial charge < -0.3 is 10.1 Å². The molecule has 3 aromatic rings. The van der Waals surface area contributed by atoms with Crippen LogP contribution < -0.4 is 10.1 Å². The van der Waals surface area contributed by atoms with Gasteiger partial charge in [-0.1, -0.05) is 48.9 Å². The van der Waals surface area contributed by atoms with E-state index in [4.69, 9.17) is 16.3 Å². The Kier molecular flexibility index (Phi) is 5.96. The number of ether oxygens (including phenoxy) is 1. The van der Waals surface area contributed by atoms with Crippen molar-refractivity contribution in [1.29, 1.82) is 0 Å². The number of nitrogens with zero attached hydrogens (tertiary/aromatic N) is 4. The van der Waals surface area contributed by atoms with Gasteiger partial charge in [0.15, 0.2) is 0 Å². The van der Waals surface area contributed by atoms with Crippen molar-refractivity contribution in [2.45, 2.75) is 33.2 Å². The van der Waals surface area contributed by atoms with Gasteiger partial charge in [0, 0.05) is 18.2 Å². The van der Waals surface area contributed by atoms with Crippen molar-refractivity contribution in [2.24, 2.45) is 7.05 Å². The molecule has 1 aromatic carbocycles. The summed E-state index contributed by atoms with van der Waals surface area (Å²) in [6.07, 6.45) is 2.28. The highest BCUT2D eigenvalue weighted by Gasteiger charge is 2.17. The van der Waals surface area contributed by atoms with Gasteiger partial charge in [-0.2, -0.15) is 0 Å². The average Bonchev–Trinajstić information content (AvgIpc) is 2.96. The summed E-state index contributed by atoms with van der Waals surface area (Å²) >= 11 is 6.34. The monoisotopic (exact) mass is 385 g/mol. The first kappa shape index (κ1) is 19.2. The second kappa shape index (κ2) is 8.39. The van der Waals surface area contributed by atoms with Gasteiger partial charge in [0.2, 0.25) is 5.88 Å². The molecule has 0 amide bonds. The molecule has 2 heterocycles. The Balaban J connectivity index is 1.69. The molecule has 27 heavy (non-hydrogen) atoms. The first-order chi connectivity index (χ1) is 13.0. The number of halogens is 1. The summed E-state index contributed by atoms with van der Waals surface area (Å²) in [5, 5.41) is 8.37. The van der Waals surface area contributed by atoms with E-state index < -0.39 is 0 Å². The molecule has 0 aliphatic carbocycles. The molecule has 1 N–H and O–H groups in total. The maximum Gasteiger partial charge on any atom is 0.236 e. The number of aryl methyl sites for hydroxylation is 2. The molecule has 0 fully saturated rings. The summed E-state index contributed by atoms with van der Waals surface area (Å²) in [5.41, 5.74) is 4.02. The topological polar surface area (TPSA) is 64.9 Å². The van der Waals surface area contributed by atoms with Crippen molar-refractivity contribution < 1.29 is 4.74 Å². The van der Waals surface area contributed by atoms with Gasteiger partial charge in [0.25, 0.3) is 0 Å². The van der Waals surface area contributed by atoms with E-state index in [-0.39, 0.29) is 6.04 Å². The lowest BCUT2D eigenvalue weighted by atomic mass is 10.1. The molecule has 0 bridgehead atoms. The van der Waals surface area contributed by atoms with E-state index in [1.807, 2.05) is 50.7 Å². The third-order valence-electron chi connectivity index (χ3n) is 4.34. The molecule has 6 nitrogen and oxygen atoms in total. The van der Waals surface area contributed by atoms with E-state index in [0.29, 0.717) is 23.3 Å². The summed E-state index contributed by atoms with van der Waals surface area (Å²) in [7, 11) is 1.93. The lowest BCUT2D eigenvalue weighted by Gasteiger charge is -2.16. The lowest BCUT2D eigenvalue weighted by molar-refractivity contribution is 0.288. The Labute approximate surface area is 164 Å². The summed E-state index contributed by atoms with van der Waals surface area (Å²) in [5.74, 6) is 1.26. The average molecular weight is 386 g/mol. The number of benzene rings is 1. The fourth-order valence-electron chi connectivity index (χ4n) is 2.97. The van der Waals surface area contributed by atoms with Crippen LogP contribution in [-0.2, 0) is 13.5 Å². The van der Waals surface area contributed by atoms with Crippen LogP contribution in [-0.4, -0.2) is 32.4 Å². The Morgan fingerprint density at radius 2 is 1.96 bits per heavy atom. The van der Waals surface area contributed by atoms with Crippen LogP contribution in [0, 0.1) is 6.92 Å². The molecule has 0 radical (unpaired) electrons. The smallest absolute Gasteiger partial charge is 0.236 e. The third-order valence-corrected chi connectivity index (χ3v) is 4.73.